The van der Waals surface area contributed by atoms with E-state index in [1.807, 2.05) is 0 Å². The topological polar surface area (TPSA) is 70.2 Å². The molecule has 0 spiro atoms. The van der Waals surface area contributed by atoms with Crippen LogP contribution >= 0.6 is 11.3 Å². The third-order valence-electron chi connectivity index (χ3n) is 6.02. The van der Waals surface area contributed by atoms with Gasteiger partial charge in [0.2, 0.25) is 5.13 Å². The fraction of sp³-hybridized carbons (Fsp3) is 0.591. The van der Waals surface area contributed by atoms with Gasteiger partial charge < -0.3 is 5.32 Å². The minimum Gasteiger partial charge on any atom is -0.337 e. The Labute approximate surface area is 177 Å². The lowest BCUT2D eigenvalue weighted by Crippen LogP contribution is -2.41. The summed E-state index contributed by atoms with van der Waals surface area (Å²) >= 11 is 1.53. The molecule has 1 aromatic carbocycles. The average Bonchev–Trinajstić information content (AvgIpc) is 3.22. The summed E-state index contributed by atoms with van der Waals surface area (Å²) in [6, 6.07) is 10.4. The third kappa shape index (κ3) is 6.00. The van der Waals surface area contributed by atoms with E-state index in [0.717, 1.165) is 31.1 Å². The number of nitrogens with one attached hydrogen (secondary N) is 2. The number of hydrogen-bond donors (Lipinski definition) is 2. The molecule has 1 saturated carbocycles. The molecule has 6 nitrogen and oxygen atoms in total. The van der Waals surface area contributed by atoms with E-state index in [9.17, 15) is 4.79 Å². The lowest BCUT2D eigenvalue weighted by atomic mass is 9.90. The molecule has 1 saturated heterocycles. The van der Waals surface area contributed by atoms with Crippen molar-refractivity contribution in [1.29, 1.82) is 0 Å². The van der Waals surface area contributed by atoms with Crippen LogP contribution in [0.5, 0.6) is 0 Å². The predicted octanol–water partition coefficient (Wildman–Crippen LogP) is 4.62. The molecule has 2 amide bonds. The summed E-state index contributed by atoms with van der Waals surface area (Å²) in [6.07, 6.45) is 8.61. The molecule has 2 aromatic rings. The van der Waals surface area contributed by atoms with Gasteiger partial charge in [-0.25, -0.2) is 4.79 Å². The lowest BCUT2D eigenvalue weighted by Gasteiger charge is -2.32. The van der Waals surface area contributed by atoms with Crippen LogP contribution in [0.25, 0.3) is 0 Å². The molecule has 2 fully saturated rings. The standard InChI is InChI=1S/C22H31N5OS/c28-21(24-22-26-25-20(29-22)19-11-5-2-6-12-19)23-14-18-10-7-13-27(16-18)15-17-8-3-1-4-9-17/h1,3-4,8-9,18-19H,2,5-7,10-16H2,(H2,23,24,26,28). The molecule has 2 heterocycles. The van der Waals surface area contributed by atoms with Crippen LogP contribution in [-0.4, -0.2) is 40.8 Å². The van der Waals surface area contributed by atoms with Gasteiger partial charge in [0.1, 0.15) is 5.01 Å². The molecule has 4 rings (SSSR count). The third-order valence-corrected chi connectivity index (χ3v) is 7.02. The van der Waals surface area contributed by atoms with Gasteiger partial charge in [0.25, 0.3) is 0 Å². The quantitative estimate of drug-likeness (QED) is 0.725. The van der Waals surface area contributed by atoms with Crippen LogP contribution in [0.3, 0.4) is 0 Å². The Morgan fingerprint density at radius 3 is 2.72 bits per heavy atom. The fourth-order valence-corrected chi connectivity index (χ4v) is 5.39. The Kier molecular flexibility index (Phi) is 7.11. The molecule has 0 radical (unpaired) electrons. The minimum absolute atomic E-state index is 0.170. The number of anilines is 1. The first-order valence-corrected chi connectivity index (χ1v) is 11.7. The lowest BCUT2D eigenvalue weighted by molar-refractivity contribution is 0.166. The van der Waals surface area contributed by atoms with E-state index >= 15 is 0 Å². The minimum atomic E-state index is -0.170. The SMILES string of the molecule is O=C(NCC1CCCN(Cc2ccccc2)C1)Nc1nnc(C2CCCCC2)s1. The van der Waals surface area contributed by atoms with Crippen molar-refractivity contribution in [2.45, 2.75) is 57.4 Å². The molecule has 156 valence electrons. The Morgan fingerprint density at radius 2 is 1.90 bits per heavy atom. The van der Waals surface area contributed by atoms with Gasteiger partial charge in [-0.05, 0) is 43.7 Å². The highest BCUT2D eigenvalue weighted by Crippen LogP contribution is 2.35. The number of aromatic nitrogens is 2. The molecule has 1 aliphatic carbocycles. The number of nitrogens with zero attached hydrogens (tertiary/aromatic N) is 3. The van der Waals surface area contributed by atoms with Gasteiger partial charge in [0, 0.05) is 25.6 Å². The summed E-state index contributed by atoms with van der Waals surface area (Å²) in [5.41, 5.74) is 1.35. The van der Waals surface area contributed by atoms with Crippen LogP contribution in [0.2, 0.25) is 0 Å². The van der Waals surface area contributed by atoms with Crippen LogP contribution in [-0.2, 0) is 6.54 Å². The molecule has 0 bridgehead atoms. The molecule has 2 aliphatic rings. The van der Waals surface area contributed by atoms with Crippen molar-refractivity contribution >= 4 is 22.5 Å². The Hall–Kier alpha value is -1.99. The van der Waals surface area contributed by atoms with E-state index in [1.165, 1.54) is 55.4 Å². The van der Waals surface area contributed by atoms with Crippen LogP contribution in [0.4, 0.5) is 9.93 Å². The fourth-order valence-electron chi connectivity index (χ4n) is 4.48. The Morgan fingerprint density at radius 1 is 1.07 bits per heavy atom. The number of carbonyl (C=O) groups excluding carboxylic acids is 1. The Bertz CT molecular complexity index is 775. The molecule has 2 N–H and O–H groups in total. The van der Waals surface area contributed by atoms with Crippen molar-refractivity contribution in [3.63, 3.8) is 0 Å². The van der Waals surface area contributed by atoms with E-state index in [1.54, 1.807) is 0 Å². The molecule has 1 aromatic heterocycles. The number of likely N-dealkylation sites (tertiary alicyclic amines) is 1. The molecule has 1 unspecified atom stereocenters. The normalized spacial score (nSPS) is 21.0. The van der Waals surface area contributed by atoms with Gasteiger partial charge in [-0.2, -0.15) is 0 Å². The molecule has 7 heteroatoms. The molecular formula is C22H31N5OS. The second kappa shape index (κ2) is 10.2. The van der Waals surface area contributed by atoms with Gasteiger partial charge in [0.15, 0.2) is 0 Å². The first-order chi connectivity index (χ1) is 14.3. The summed E-state index contributed by atoms with van der Waals surface area (Å²) in [4.78, 5) is 14.8. The van der Waals surface area contributed by atoms with Crippen molar-refractivity contribution in [1.82, 2.24) is 20.4 Å². The van der Waals surface area contributed by atoms with Gasteiger partial charge in [0.05, 0.1) is 0 Å². The summed E-state index contributed by atoms with van der Waals surface area (Å²) in [7, 11) is 0. The number of urea groups is 1. The monoisotopic (exact) mass is 413 g/mol. The summed E-state index contributed by atoms with van der Waals surface area (Å²) in [6.45, 7) is 3.84. The van der Waals surface area contributed by atoms with E-state index < -0.39 is 0 Å². The maximum Gasteiger partial charge on any atom is 0.321 e. The number of rotatable bonds is 6. The van der Waals surface area contributed by atoms with Gasteiger partial charge in [-0.3, -0.25) is 10.2 Å². The summed E-state index contributed by atoms with van der Waals surface area (Å²) in [5.74, 6) is 1.02. The highest BCUT2D eigenvalue weighted by Gasteiger charge is 2.22. The van der Waals surface area contributed by atoms with Gasteiger partial charge >= 0.3 is 6.03 Å². The van der Waals surface area contributed by atoms with Gasteiger partial charge in [-0.15, -0.1) is 10.2 Å². The van der Waals surface area contributed by atoms with Crippen LogP contribution < -0.4 is 10.6 Å². The largest absolute Gasteiger partial charge is 0.337 e. The van der Waals surface area contributed by atoms with Crippen molar-refractivity contribution in [3.8, 4) is 0 Å². The summed E-state index contributed by atoms with van der Waals surface area (Å²) < 4.78 is 0. The zero-order chi connectivity index (χ0) is 19.9. The molecular weight excluding hydrogens is 382 g/mol. The van der Waals surface area contributed by atoms with Gasteiger partial charge in [-0.1, -0.05) is 60.9 Å². The second-order valence-corrected chi connectivity index (χ2v) is 9.35. The number of benzene rings is 1. The van der Waals surface area contributed by atoms with Crippen LogP contribution in [0.1, 0.15) is 61.4 Å². The van der Waals surface area contributed by atoms with E-state index in [-0.39, 0.29) is 6.03 Å². The van der Waals surface area contributed by atoms with E-state index in [0.29, 0.717) is 23.5 Å². The highest BCUT2D eigenvalue weighted by atomic mass is 32.1. The Balaban J connectivity index is 1.20. The van der Waals surface area contributed by atoms with E-state index in [4.69, 9.17) is 0 Å². The molecule has 1 atom stereocenters. The maximum atomic E-state index is 12.3. The molecule has 29 heavy (non-hydrogen) atoms. The zero-order valence-corrected chi connectivity index (χ0v) is 17.8. The summed E-state index contributed by atoms with van der Waals surface area (Å²) in [5, 5.41) is 16.1. The van der Waals surface area contributed by atoms with Crippen molar-refractivity contribution < 1.29 is 4.79 Å². The maximum absolute atomic E-state index is 12.3. The number of piperidine rings is 1. The first kappa shape index (κ1) is 20.3. The number of hydrogen-bond acceptors (Lipinski definition) is 5. The number of carbonyl (C=O) groups is 1. The molecule has 1 aliphatic heterocycles. The highest BCUT2D eigenvalue weighted by molar-refractivity contribution is 7.15. The zero-order valence-electron chi connectivity index (χ0n) is 17.0. The van der Waals surface area contributed by atoms with Crippen molar-refractivity contribution in [3.05, 3.63) is 40.9 Å². The van der Waals surface area contributed by atoms with Crippen molar-refractivity contribution in [2.75, 3.05) is 25.0 Å². The smallest absolute Gasteiger partial charge is 0.321 e. The van der Waals surface area contributed by atoms with Crippen LogP contribution in [0.15, 0.2) is 30.3 Å². The average molecular weight is 414 g/mol. The van der Waals surface area contributed by atoms with Crippen LogP contribution in [0, 0.1) is 5.92 Å². The first-order valence-electron chi connectivity index (χ1n) is 10.9. The predicted molar refractivity (Wildman–Crippen MR) is 117 cm³/mol. The second-order valence-electron chi connectivity index (χ2n) is 8.34. The number of amides is 2. The van der Waals surface area contributed by atoms with Crippen molar-refractivity contribution in [2.24, 2.45) is 5.92 Å². The van der Waals surface area contributed by atoms with E-state index in [2.05, 4.69) is 56.1 Å².